The van der Waals surface area contributed by atoms with Gasteiger partial charge in [0.25, 0.3) is 0 Å². The third-order valence-corrected chi connectivity index (χ3v) is 11.2. The Hall–Kier alpha value is -5.02. The van der Waals surface area contributed by atoms with Gasteiger partial charge in [0.15, 0.2) is 25.0 Å². The third kappa shape index (κ3) is 3.60. The molecule has 0 amide bonds. The number of hydrogen-bond acceptors (Lipinski definition) is 0. The Labute approximate surface area is 269 Å². The molecule has 0 bridgehead atoms. The van der Waals surface area contributed by atoms with Crippen LogP contribution in [0.15, 0.2) is 122 Å². The minimum absolute atomic E-state index is 0.407. The summed E-state index contributed by atoms with van der Waals surface area (Å²) in [7, 11) is 0. The summed E-state index contributed by atoms with van der Waals surface area (Å²) in [5, 5.41) is 5.39. The molecule has 0 saturated heterocycles. The fourth-order valence-electron chi connectivity index (χ4n) is 8.99. The Bertz CT molecular complexity index is 2480. The first-order valence-electron chi connectivity index (χ1n) is 17.0. The molecule has 10 rings (SSSR count). The largest absolute Gasteiger partial charge is 0.308 e. The molecule has 0 saturated carbocycles. The van der Waals surface area contributed by atoms with Crippen molar-refractivity contribution >= 4 is 38.1 Å². The van der Waals surface area contributed by atoms with Crippen molar-refractivity contribution in [3.8, 4) is 22.5 Å². The number of fused-ring (bicyclic) bond motifs is 15. The number of rotatable bonds is 1. The van der Waals surface area contributed by atoms with E-state index in [1.807, 2.05) is 0 Å². The number of hydrogen-bond donors (Lipinski definition) is 0. The van der Waals surface area contributed by atoms with E-state index >= 15 is 0 Å². The number of benzene rings is 4. The average molecular weight is 596 g/mol. The van der Waals surface area contributed by atoms with E-state index < -0.39 is 0 Å². The van der Waals surface area contributed by atoms with Crippen molar-refractivity contribution < 1.29 is 9.13 Å². The smallest absolute Gasteiger partial charge is 0.213 e. The van der Waals surface area contributed by atoms with E-state index in [0.29, 0.717) is 17.9 Å². The Morgan fingerprint density at radius 1 is 0.652 bits per heavy atom. The number of pyridine rings is 2. The maximum absolute atomic E-state index is 2.58. The molecule has 3 heteroatoms. The van der Waals surface area contributed by atoms with Gasteiger partial charge in [-0.3, -0.25) is 0 Å². The topological polar surface area (TPSA) is 12.2 Å². The van der Waals surface area contributed by atoms with E-state index in [9.17, 15) is 0 Å². The molecule has 3 nitrogen and oxygen atoms in total. The highest BCUT2D eigenvalue weighted by Crippen LogP contribution is 2.45. The maximum Gasteiger partial charge on any atom is 0.213 e. The Morgan fingerprint density at radius 2 is 1.46 bits per heavy atom. The molecule has 0 aliphatic carbocycles. The zero-order chi connectivity index (χ0) is 30.5. The van der Waals surface area contributed by atoms with E-state index in [2.05, 4.69) is 149 Å². The summed E-state index contributed by atoms with van der Waals surface area (Å²) in [5.41, 5.74) is 13.8. The van der Waals surface area contributed by atoms with Crippen LogP contribution in [0.1, 0.15) is 61.3 Å². The predicted molar refractivity (Wildman–Crippen MR) is 188 cm³/mol. The second-order valence-electron chi connectivity index (χ2n) is 13.9. The zero-order valence-corrected chi connectivity index (χ0v) is 26.4. The third-order valence-electron chi connectivity index (χ3n) is 11.2. The summed E-state index contributed by atoms with van der Waals surface area (Å²) in [4.78, 5) is 0. The first-order valence-corrected chi connectivity index (χ1v) is 17.0. The minimum atomic E-state index is 0.407. The van der Waals surface area contributed by atoms with Gasteiger partial charge in [0.1, 0.15) is 0 Å². The molecule has 2 aliphatic heterocycles. The molecule has 0 spiro atoms. The van der Waals surface area contributed by atoms with Crippen molar-refractivity contribution in [1.29, 1.82) is 0 Å². The van der Waals surface area contributed by atoms with E-state index in [1.54, 1.807) is 0 Å². The van der Waals surface area contributed by atoms with Gasteiger partial charge < -0.3 is 4.40 Å². The molecule has 0 N–H and O–H groups in total. The Kier molecular flexibility index (Phi) is 5.55. The summed E-state index contributed by atoms with van der Waals surface area (Å²) in [6.07, 6.45) is 7.93. The highest BCUT2D eigenvalue weighted by molar-refractivity contribution is 6.23. The SMILES string of the molecule is CC(C)c1cc[n+]2c(c1)-c1cc3c4cccc5c6ccccc6n(c3cc1CCC1c3ccccc3-c3cccc[n+]3C1CC2)c54. The standard InChI is InChI=1S/C43H37N3/c1-27(2)28-19-22-44-23-20-39-33(30-10-3-4-11-31(30)38-15-7-8-21-45(38)39)18-17-29-25-42-37(26-36(29)41(44)24-28)35-14-9-13-34-32-12-5-6-16-40(32)46(42)43(34)35/h3-16,19,21-22,24-27,33,39H,17-18,20,23H2,1-2H3/q+2. The molecule has 2 unspecified atom stereocenters. The first kappa shape index (κ1) is 26.2. The van der Waals surface area contributed by atoms with Crippen LogP contribution in [0.4, 0.5) is 0 Å². The summed E-state index contributed by atoms with van der Waals surface area (Å²) in [6.45, 7) is 5.61. The zero-order valence-electron chi connectivity index (χ0n) is 26.4. The summed E-state index contributed by atoms with van der Waals surface area (Å²) < 4.78 is 7.67. The fraction of sp³-hybridized carbons (Fsp3) is 0.209. The van der Waals surface area contributed by atoms with Crippen molar-refractivity contribution in [2.24, 2.45) is 0 Å². The normalized spacial score (nSPS) is 17.6. The maximum atomic E-state index is 2.58. The van der Waals surface area contributed by atoms with Gasteiger partial charge in [-0.15, -0.1) is 0 Å². The Morgan fingerprint density at radius 3 is 2.37 bits per heavy atom. The lowest BCUT2D eigenvalue weighted by molar-refractivity contribution is -0.738. The van der Waals surface area contributed by atoms with Gasteiger partial charge in [0.2, 0.25) is 11.4 Å². The van der Waals surface area contributed by atoms with Crippen molar-refractivity contribution in [3.05, 3.63) is 138 Å². The highest BCUT2D eigenvalue weighted by atomic mass is 15.0. The van der Waals surface area contributed by atoms with Crippen LogP contribution < -0.4 is 9.13 Å². The summed E-state index contributed by atoms with van der Waals surface area (Å²) in [6, 6.07) is 42.0. The number of aromatic nitrogens is 3. The first-order chi connectivity index (χ1) is 22.7. The quantitative estimate of drug-likeness (QED) is 0.168. The second-order valence-corrected chi connectivity index (χ2v) is 13.9. The monoisotopic (exact) mass is 595 g/mol. The molecule has 6 heterocycles. The van der Waals surface area contributed by atoms with Crippen LogP contribution in [0, 0.1) is 0 Å². The fourth-order valence-corrected chi connectivity index (χ4v) is 8.99. The van der Waals surface area contributed by atoms with Gasteiger partial charge in [-0.25, -0.2) is 0 Å². The number of para-hydroxylation sites is 2. The highest BCUT2D eigenvalue weighted by Gasteiger charge is 2.41. The predicted octanol–water partition coefficient (Wildman–Crippen LogP) is 9.54. The van der Waals surface area contributed by atoms with E-state index in [4.69, 9.17) is 0 Å². The lowest BCUT2D eigenvalue weighted by Gasteiger charge is -2.31. The lowest BCUT2D eigenvalue weighted by atomic mass is 9.77. The van der Waals surface area contributed by atoms with Crippen LogP contribution in [0.2, 0.25) is 0 Å². The molecular weight excluding hydrogens is 558 g/mol. The molecule has 2 aliphatic rings. The molecule has 4 aromatic carbocycles. The molecule has 8 aromatic rings. The van der Waals surface area contributed by atoms with Gasteiger partial charge in [-0.05, 0) is 65.8 Å². The molecular formula is C43H37N3+2. The number of aryl methyl sites for hydroxylation is 2. The van der Waals surface area contributed by atoms with Gasteiger partial charge in [0, 0.05) is 57.3 Å². The van der Waals surface area contributed by atoms with Crippen LogP contribution in [0.5, 0.6) is 0 Å². The lowest BCUT2D eigenvalue weighted by Crippen LogP contribution is -2.50. The number of nitrogens with zero attached hydrogens (tertiary/aromatic N) is 3. The van der Waals surface area contributed by atoms with Gasteiger partial charge in [0.05, 0.1) is 28.5 Å². The molecule has 2 atom stereocenters. The van der Waals surface area contributed by atoms with Crippen LogP contribution in [-0.2, 0) is 13.0 Å². The summed E-state index contributed by atoms with van der Waals surface area (Å²) >= 11 is 0. The van der Waals surface area contributed by atoms with Crippen molar-refractivity contribution in [3.63, 3.8) is 0 Å². The molecule has 222 valence electrons. The summed E-state index contributed by atoms with van der Waals surface area (Å²) in [5.74, 6) is 0.923. The van der Waals surface area contributed by atoms with Crippen LogP contribution in [-0.4, -0.2) is 4.40 Å². The van der Waals surface area contributed by atoms with E-state index in [0.717, 1.165) is 25.8 Å². The van der Waals surface area contributed by atoms with Gasteiger partial charge in [-0.1, -0.05) is 68.4 Å². The van der Waals surface area contributed by atoms with Gasteiger partial charge >= 0.3 is 0 Å². The molecule has 0 radical (unpaired) electrons. The second kappa shape index (κ2) is 9.74. The van der Waals surface area contributed by atoms with Crippen LogP contribution in [0.3, 0.4) is 0 Å². The molecule has 0 fully saturated rings. The van der Waals surface area contributed by atoms with Crippen LogP contribution >= 0.6 is 0 Å². The van der Waals surface area contributed by atoms with Gasteiger partial charge in [-0.2, -0.15) is 9.13 Å². The van der Waals surface area contributed by atoms with E-state index in [-0.39, 0.29) is 0 Å². The van der Waals surface area contributed by atoms with Crippen molar-refractivity contribution in [1.82, 2.24) is 4.40 Å². The average Bonchev–Trinajstić information content (AvgIpc) is 3.61. The Balaban J connectivity index is 1.25. The molecule has 46 heavy (non-hydrogen) atoms. The van der Waals surface area contributed by atoms with Crippen LogP contribution in [0.25, 0.3) is 60.6 Å². The minimum Gasteiger partial charge on any atom is -0.308 e. The molecule has 4 aromatic heterocycles. The van der Waals surface area contributed by atoms with Crippen molar-refractivity contribution in [2.75, 3.05) is 0 Å². The van der Waals surface area contributed by atoms with E-state index in [1.165, 1.54) is 77.3 Å². The van der Waals surface area contributed by atoms with Crippen molar-refractivity contribution in [2.45, 2.75) is 57.5 Å².